The molecule has 1 aromatic heterocycles. The number of anilines is 1. The zero-order valence-corrected chi connectivity index (χ0v) is 20.8. The molecule has 1 N–H and O–H groups in total. The summed E-state index contributed by atoms with van der Waals surface area (Å²) in [6.45, 7) is 4.39. The summed E-state index contributed by atoms with van der Waals surface area (Å²) in [5, 5.41) is 2.84. The van der Waals surface area contributed by atoms with Crippen LogP contribution in [-0.4, -0.2) is 38.8 Å². The Balaban J connectivity index is 1.45. The molecule has 8 heteroatoms. The maximum Gasteiger partial charge on any atom is 0.338 e. The molecule has 1 aliphatic rings. The number of hydrogen-bond donors (Lipinski definition) is 1. The minimum atomic E-state index is -0.754. The zero-order valence-electron chi connectivity index (χ0n) is 20.8. The molecule has 2 atom stereocenters. The molecule has 5 rings (SSSR count). The molecule has 8 nitrogen and oxygen atoms in total. The highest BCUT2D eigenvalue weighted by Crippen LogP contribution is 2.37. The highest BCUT2D eigenvalue weighted by Gasteiger charge is 2.40. The Kier molecular flexibility index (Phi) is 6.72. The Hall–Kier alpha value is -4.46. The van der Waals surface area contributed by atoms with Crippen LogP contribution in [0.1, 0.15) is 54.1 Å². The van der Waals surface area contributed by atoms with E-state index >= 15 is 0 Å². The number of ether oxygens (including phenoxy) is 1. The summed E-state index contributed by atoms with van der Waals surface area (Å²) < 4.78 is 6.95. The number of para-hydroxylation sites is 2. The van der Waals surface area contributed by atoms with E-state index in [4.69, 9.17) is 9.72 Å². The fourth-order valence-corrected chi connectivity index (χ4v) is 4.82. The Labute approximate surface area is 214 Å². The van der Waals surface area contributed by atoms with Crippen LogP contribution in [0.2, 0.25) is 0 Å². The van der Waals surface area contributed by atoms with E-state index in [0.29, 0.717) is 17.8 Å². The minimum Gasteiger partial charge on any atom is -0.462 e. The largest absolute Gasteiger partial charge is 0.462 e. The van der Waals surface area contributed by atoms with Gasteiger partial charge in [0.05, 0.1) is 35.7 Å². The quantitative estimate of drug-likeness (QED) is 0.368. The van der Waals surface area contributed by atoms with Crippen LogP contribution in [0.3, 0.4) is 0 Å². The summed E-state index contributed by atoms with van der Waals surface area (Å²) in [5.41, 5.74) is 3.42. The van der Waals surface area contributed by atoms with Crippen molar-refractivity contribution >= 4 is 34.5 Å². The molecule has 37 heavy (non-hydrogen) atoms. The highest BCUT2D eigenvalue weighted by molar-refractivity contribution is 5.97. The summed E-state index contributed by atoms with van der Waals surface area (Å²) in [7, 11) is 0. The molecule has 0 unspecified atom stereocenters. The highest BCUT2D eigenvalue weighted by atomic mass is 16.5. The lowest BCUT2D eigenvalue weighted by molar-refractivity contribution is -0.142. The number of esters is 1. The Bertz CT molecular complexity index is 1460. The summed E-state index contributed by atoms with van der Waals surface area (Å²) in [6.07, 6.45) is -0.0756. The predicted octanol–water partition coefficient (Wildman–Crippen LogP) is 4.89. The zero-order chi connectivity index (χ0) is 25.9. The van der Waals surface area contributed by atoms with Crippen molar-refractivity contribution in [1.82, 2.24) is 14.5 Å². The number of aromatic nitrogens is 2. The summed E-state index contributed by atoms with van der Waals surface area (Å²) in [4.78, 5) is 45.8. The van der Waals surface area contributed by atoms with Gasteiger partial charge in [-0.15, -0.1) is 0 Å². The third-order valence-electron chi connectivity index (χ3n) is 6.58. The van der Waals surface area contributed by atoms with Gasteiger partial charge in [0.25, 0.3) is 0 Å². The van der Waals surface area contributed by atoms with Gasteiger partial charge in [-0.3, -0.25) is 9.59 Å². The Morgan fingerprint density at radius 2 is 1.76 bits per heavy atom. The van der Waals surface area contributed by atoms with Crippen molar-refractivity contribution in [2.75, 3.05) is 11.9 Å². The molecule has 3 aromatic carbocycles. The van der Waals surface area contributed by atoms with Gasteiger partial charge in [0.2, 0.25) is 11.8 Å². The lowest BCUT2D eigenvalue weighted by Gasteiger charge is -2.38. The lowest BCUT2D eigenvalue weighted by Crippen LogP contribution is -2.45. The van der Waals surface area contributed by atoms with Gasteiger partial charge < -0.3 is 19.5 Å². The molecule has 0 radical (unpaired) electrons. The van der Waals surface area contributed by atoms with Crippen molar-refractivity contribution in [1.29, 1.82) is 0 Å². The second-order valence-electron chi connectivity index (χ2n) is 9.03. The van der Waals surface area contributed by atoms with Crippen molar-refractivity contribution in [3.8, 4) is 0 Å². The van der Waals surface area contributed by atoms with E-state index in [-0.39, 0.29) is 30.9 Å². The molecule has 0 aliphatic carbocycles. The Morgan fingerprint density at radius 3 is 2.54 bits per heavy atom. The normalized spacial score (nSPS) is 16.9. The summed E-state index contributed by atoms with van der Waals surface area (Å²) in [6, 6.07) is 23.0. The number of nitrogens with one attached hydrogen (secondary N) is 1. The summed E-state index contributed by atoms with van der Waals surface area (Å²) in [5.74, 6) is -0.181. The molecule has 4 aromatic rings. The van der Waals surface area contributed by atoms with Gasteiger partial charge in [0, 0.05) is 12.2 Å². The minimum absolute atomic E-state index is 0.0756. The summed E-state index contributed by atoms with van der Waals surface area (Å²) >= 11 is 0. The van der Waals surface area contributed by atoms with Crippen molar-refractivity contribution in [2.45, 2.75) is 38.9 Å². The van der Waals surface area contributed by atoms with Gasteiger partial charge in [-0.1, -0.05) is 48.5 Å². The van der Waals surface area contributed by atoms with Gasteiger partial charge in [-0.2, -0.15) is 0 Å². The number of nitrogens with zero attached hydrogens (tertiary/aromatic N) is 3. The number of benzene rings is 3. The van der Waals surface area contributed by atoms with Gasteiger partial charge in [0.1, 0.15) is 11.9 Å². The molecule has 2 heterocycles. The van der Waals surface area contributed by atoms with Crippen LogP contribution in [-0.2, 0) is 20.9 Å². The molecule has 0 saturated carbocycles. The molecule has 0 bridgehead atoms. The second-order valence-corrected chi connectivity index (χ2v) is 9.03. The van der Waals surface area contributed by atoms with Crippen molar-refractivity contribution in [2.24, 2.45) is 0 Å². The van der Waals surface area contributed by atoms with Crippen LogP contribution < -0.4 is 5.32 Å². The topological polar surface area (TPSA) is 93.5 Å². The number of hydrogen-bond acceptors (Lipinski definition) is 5. The average Bonchev–Trinajstić information content (AvgIpc) is 3.30. The fourth-order valence-electron chi connectivity index (χ4n) is 4.82. The first-order valence-electron chi connectivity index (χ1n) is 12.3. The lowest BCUT2D eigenvalue weighted by atomic mass is 10.0. The number of fused-ring (bicyclic) bond motifs is 3. The smallest absolute Gasteiger partial charge is 0.338 e. The van der Waals surface area contributed by atoms with Crippen molar-refractivity contribution < 1.29 is 19.1 Å². The fraction of sp³-hybridized carbons (Fsp3) is 0.241. The van der Waals surface area contributed by atoms with E-state index < -0.39 is 12.0 Å². The first-order chi connectivity index (χ1) is 18.0. The number of rotatable bonds is 7. The van der Waals surface area contributed by atoms with E-state index in [1.807, 2.05) is 66.1 Å². The first kappa shape index (κ1) is 24.2. The van der Waals surface area contributed by atoms with Gasteiger partial charge in [-0.25, -0.2) is 9.78 Å². The van der Waals surface area contributed by atoms with E-state index in [1.54, 1.807) is 36.1 Å². The molecule has 0 fully saturated rings. The van der Waals surface area contributed by atoms with Crippen LogP contribution in [0.25, 0.3) is 11.0 Å². The standard InChI is InChI=1S/C29H28N4O4/c1-3-37-29(36)21-12-9-13-22(16-21)30-26(34)17-25-28(35)32(18-20-10-5-4-6-11-20)19(2)27-31-23-14-7-8-15-24(23)33(25)27/h4-16,19,25H,3,17-18H2,1-2H3,(H,30,34)/t19-,25-/m0/s1. The van der Waals surface area contributed by atoms with Crippen LogP contribution >= 0.6 is 0 Å². The maximum absolute atomic E-state index is 13.9. The number of carbonyl (C=O) groups is 3. The third kappa shape index (κ3) is 4.82. The molecule has 188 valence electrons. The molecule has 2 amide bonds. The van der Waals surface area contributed by atoms with Crippen LogP contribution in [0, 0.1) is 0 Å². The second kappa shape index (κ2) is 10.3. The molecule has 1 aliphatic heterocycles. The van der Waals surface area contributed by atoms with Crippen LogP contribution in [0.15, 0.2) is 78.9 Å². The van der Waals surface area contributed by atoms with E-state index in [9.17, 15) is 14.4 Å². The van der Waals surface area contributed by atoms with Crippen LogP contribution in [0.4, 0.5) is 5.69 Å². The van der Waals surface area contributed by atoms with Gasteiger partial charge >= 0.3 is 5.97 Å². The van der Waals surface area contributed by atoms with E-state index in [1.165, 1.54) is 0 Å². The first-order valence-corrected chi connectivity index (χ1v) is 12.3. The molecular formula is C29H28N4O4. The number of imidazole rings is 1. The SMILES string of the molecule is CCOC(=O)c1cccc(NC(=O)C[C@H]2C(=O)N(Cc3ccccc3)[C@@H](C)c3nc4ccccc4n32)c1. The number of amides is 2. The van der Waals surface area contributed by atoms with E-state index in [0.717, 1.165) is 22.4 Å². The average molecular weight is 497 g/mol. The molecule has 0 spiro atoms. The Morgan fingerprint density at radius 1 is 1.00 bits per heavy atom. The van der Waals surface area contributed by atoms with E-state index in [2.05, 4.69) is 5.32 Å². The monoisotopic (exact) mass is 496 g/mol. The maximum atomic E-state index is 13.9. The third-order valence-corrected chi connectivity index (χ3v) is 6.58. The van der Waals surface area contributed by atoms with Crippen LogP contribution in [0.5, 0.6) is 0 Å². The predicted molar refractivity (Wildman–Crippen MR) is 140 cm³/mol. The molecule has 0 saturated heterocycles. The van der Waals surface area contributed by atoms with Crippen molar-refractivity contribution in [3.05, 3.63) is 95.8 Å². The van der Waals surface area contributed by atoms with Gasteiger partial charge in [-0.05, 0) is 49.7 Å². The van der Waals surface area contributed by atoms with Gasteiger partial charge in [0.15, 0.2) is 0 Å². The number of carbonyl (C=O) groups excluding carboxylic acids is 3. The van der Waals surface area contributed by atoms with Crippen molar-refractivity contribution in [3.63, 3.8) is 0 Å². The molecular weight excluding hydrogens is 468 g/mol.